The lowest BCUT2D eigenvalue weighted by atomic mass is 9.96. The van der Waals surface area contributed by atoms with Crippen molar-refractivity contribution in [3.05, 3.63) is 88.2 Å². The van der Waals surface area contributed by atoms with E-state index in [1.807, 2.05) is 30.1 Å². The van der Waals surface area contributed by atoms with Crippen molar-refractivity contribution < 1.29 is 0 Å². The molecule has 0 unspecified atom stereocenters. The molecule has 33 heavy (non-hydrogen) atoms. The average Bonchev–Trinajstić information content (AvgIpc) is 3.49. The highest BCUT2D eigenvalue weighted by Gasteiger charge is 2.26. The first-order chi connectivity index (χ1) is 16.2. The van der Waals surface area contributed by atoms with Crippen molar-refractivity contribution in [2.75, 3.05) is 0 Å². The van der Waals surface area contributed by atoms with Gasteiger partial charge in [-0.1, -0.05) is 43.5 Å². The second-order valence-electron chi connectivity index (χ2n) is 9.02. The predicted molar refractivity (Wildman–Crippen MR) is 131 cm³/mol. The minimum atomic E-state index is 0.0559. The molecule has 0 radical (unpaired) electrons. The van der Waals surface area contributed by atoms with Crippen molar-refractivity contribution in [3.8, 4) is 16.9 Å². The number of pyridine rings is 1. The molecule has 1 saturated carbocycles. The van der Waals surface area contributed by atoms with Gasteiger partial charge in [0.25, 0.3) is 5.56 Å². The van der Waals surface area contributed by atoms with Crippen molar-refractivity contribution in [3.63, 3.8) is 0 Å². The van der Waals surface area contributed by atoms with Crippen LogP contribution in [-0.2, 0) is 13.0 Å². The number of benzene rings is 1. The molecular weight excluding hydrogens is 410 g/mol. The van der Waals surface area contributed by atoms with Crippen LogP contribution in [0.15, 0.2) is 65.9 Å². The van der Waals surface area contributed by atoms with Crippen molar-refractivity contribution in [2.45, 2.75) is 65.0 Å². The summed E-state index contributed by atoms with van der Waals surface area (Å²) in [5.41, 5.74) is 6.16. The summed E-state index contributed by atoms with van der Waals surface area (Å²) in [6, 6.07) is 10.6. The number of hydrogen-bond acceptors (Lipinski definition) is 3. The number of aromatic nitrogens is 5. The largest absolute Gasteiger partial charge is 0.346 e. The zero-order chi connectivity index (χ0) is 22.8. The zero-order valence-electron chi connectivity index (χ0n) is 19.4. The molecule has 3 heterocycles. The van der Waals surface area contributed by atoms with Gasteiger partial charge in [-0.05, 0) is 56.0 Å². The molecule has 0 amide bonds. The van der Waals surface area contributed by atoms with Gasteiger partial charge in [-0.25, -0.2) is 9.36 Å². The summed E-state index contributed by atoms with van der Waals surface area (Å²) < 4.78 is 5.86. The Bertz CT molecular complexity index is 1270. The average molecular weight is 442 g/mol. The van der Waals surface area contributed by atoms with Crippen molar-refractivity contribution in [1.82, 2.24) is 24.1 Å². The maximum Gasteiger partial charge on any atom is 0.278 e. The molecule has 0 spiro atoms. The van der Waals surface area contributed by atoms with Gasteiger partial charge in [0, 0.05) is 37.3 Å². The van der Waals surface area contributed by atoms with E-state index in [9.17, 15) is 4.79 Å². The molecular formula is C27H31N5O. The van der Waals surface area contributed by atoms with Gasteiger partial charge in [-0.3, -0.25) is 4.79 Å². The normalized spacial score (nSPS) is 15.1. The minimum Gasteiger partial charge on any atom is -0.346 e. The van der Waals surface area contributed by atoms with Crippen LogP contribution >= 0.6 is 0 Å². The van der Waals surface area contributed by atoms with Gasteiger partial charge >= 0.3 is 0 Å². The fraction of sp³-hybridized carbons (Fsp3) is 0.370. The molecule has 0 saturated heterocycles. The number of rotatable bonds is 6. The van der Waals surface area contributed by atoms with Gasteiger partial charge in [0.2, 0.25) is 0 Å². The second-order valence-corrected chi connectivity index (χ2v) is 9.02. The first-order valence-corrected chi connectivity index (χ1v) is 12.0. The van der Waals surface area contributed by atoms with Gasteiger partial charge < -0.3 is 4.57 Å². The molecule has 0 N–H and O–H groups in total. The Kier molecular flexibility index (Phi) is 5.99. The number of allylic oxidation sites excluding steroid dienone is 2. The predicted octanol–water partition coefficient (Wildman–Crippen LogP) is 5.32. The first-order valence-electron chi connectivity index (χ1n) is 12.0. The van der Waals surface area contributed by atoms with Gasteiger partial charge in [0.15, 0.2) is 0 Å². The van der Waals surface area contributed by atoms with Crippen molar-refractivity contribution in [2.24, 2.45) is 0 Å². The lowest BCUT2D eigenvalue weighted by Gasteiger charge is -2.20. The Morgan fingerprint density at radius 1 is 1.12 bits per heavy atom. The lowest BCUT2D eigenvalue weighted by Crippen LogP contribution is -2.24. The quantitative estimate of drug-likeness (QED) is 0.381. The van der Waals surface area contributed by atoms with Crippen molar-refractivity contribution in [1.29, 1.82) is 0 Å². The molecule has 5 rings (SSSR count). The van der Waals surface area contributed by atoms with E-state index in [2.05, 4.69) is 53.0 Å². The summed E-state index contributed by atoms with van der Waals surface area (Å²) in [6.07, 6.45) is 16.5. The maximum absolute atomic E-state index is 13.3. The molecule has 1 aromatic heterocycles. The van der Waals surface area contributed by atoms with E-state index < -0.39 is 0 Å². The minimum absolute atomic E-state index is 0.0559. The van der Waals surface area contributed by atoms with E-state index in [0.717, 1.165) is 41.8 Å². The molecule has 3 aliphatic rings. The molecule has 1 aliphatic carbocycles. The monoisotopic (exact) mass is 441 g/mol. The highest BCUT2D eigenvalue weighted by molar-refractivity contribution is 5.64. The molecule has 2 aromatic rings. The van der Waals surface area contributed by atoms with Crippen molar-refractivity contribution >= 4 is 0 Å². The SMILES string of the molecule is CC=CCc1c(C)c2nn(C3CCCCC3)c(=O)c-2cn1Cc1ccc(-n2cccn2)cc1. The molecule has 1 fully saturated rings. The Morgan fingerprint density at radius 3 is 2.61 bits per heavy atom. The van der Waals surface area contributed by atoms with E-state index in [0.29, 0.717) is 6.54 Å². The van der Waals surface area contributed by atoms with Crippen LogP contribution in [0.3, 0.4) is 0 Å². The smallest absolute Gasteiger partial charge is 0.278 e. The molecule has 0 bridgehead atoms. The maximum atomic E-state index is 13.3. The van der Waals surface area contributed by atoms with E-state index in [-0.39, 0.29) is 11.6 Å². The van der Waals surface area contributed by atoms with Crippen LogP contribution in [0.4, 0.5) is 0 Å². The Balaban J connectivity index is 1.54. The Labute approximate surface area is 194 Å². The zero-order valence-corrected chi connectivity index (χ0v) is 19.4. The third kappa shape index (κ3) is 4.17. The first kappa shape index (κ1) is 21.4. The van der Waals surface area contributed by atoms with E-state index in [4.69, 9.17) is 5.10 Å². The third-order valence-electron chi connectivity index (χ3n) is 6.85. The van der Waals surface area contributed by atoms with E-state index >= 15 is 0 Å². The highest BCUT2D eigenvalue weighted by atomic mass is 16.1. The van der Waals surface area contributed by atoms with E-state index in [1.54, 1.807) is 10.9 Å². The van der Waals surface area contributed by atoms with E-state index in [1.165, 1.54) is 30.5 Å². The van der Waals surface area contributed by atoms with Crippen LogP contribution in [0.25, 0.3) is 16.9 Å². The molecule has 0 atom stereocenters. The molecule has 1 aromatic carbocycles. The van der Waals surface area contributed by atoms with Crippen LogP contribution in [0, 0.1) is 6.92 Å². The number of fused-ring (bicyclic) bond motifs is 1. The van der Waals surface area contributed by atoms with Crippen LogP contribution in [0.5, 0.6) is 0 Å². The Morgan fingerprint density at radius 2 is 1.91 bits per heavy atom. The third-order valence-corrected chi connectivity index (χ3v) is 6.85. The molecule has 170 valence electrons. The van der Waals surface area contributed by atoms with Gasteiger partial charge in [-0.15, -0.1) is 0 Å². The van der Waals surface area contributed by atoms with Crippen LogP contribution < -0.4 is 5.56 Å². The van der Waals surface area contributed by atoms with Gasteiger partial charge in [0.1, 0.15) is 5.69 Å². The van der Waals surface area contributed by atoms with Crippen LogP contribution in [0.2, 0.25) is 0 Å². The lowest BCUT2D eigenvalue weighted by molar-refractivity contribution is 0.324. The number of hydrogen-bond donors (Lipinski definition) is 0. The summed E-state index contributed by atoms with van der Waals surface area (Å²) in [5.74, 6) is 0. The fourth-order valence-electron chi connectivity index (χ4n) is 5.00. The summed E-state index contributed by atoms with van der Waals surface area (Å²) in [4.78, 5) is 13.3. The summed E-state index contributed by atoms with van der Waals surface area (Å²) >= 11 is 0. The molecule has 6 nitrogen and oxygen atoms in total. The van der Waals surface area contributed by atoms with Gasteiger partial charge in [0.05, 0.1) is 17.3 Å². The summed E-state index contributed by atoms with van der Waals surface area (Å²) in [5, 5.41) is 9.15. The summed E-state index contributed by atoms with van der Waals surface area (Å²) in [7, 11) is 0. The number of nitrogens with zero attached hydrogens (tertiary/aromatic N) is 5. The highest BCUT2D eigenvalue weighted by Crippen LogP contribution is 2.31. The second kappa shape index (κ2) is 9.22. The fourth-order valence-corrected chi connectivity index (χ4v) is 5.00. The topological polar surface area (TPSA) is 57.6 Å². The standard InChI is InChI=1S/C27H31N5O/c1-3-4-11-25-20(2)26-24(27(33)32(29-26)23-9-6-5-7-10-23)19-30(25)18-21-12-14-22(15-13-21)31-17-8-16-28-31/h3-4,8,12-17,19,23H,5-7,9-11,18H2,1-2H3. The summed E-state index contributed by atoms with van der Waals surface area (Å²) in [6.45, 7) is 4.85. The van der Waals surface area contributed by atoms with Crippen LogP contribution in [-0.4, -0.2) is 24.1 Å². The van der Waals surface area contributed by atoms with Gasteiger partial charge in [-0.2, -0.15) is 10.2 Å². The molecule has 6 heteroatoms. The Hall–Kier alpha value is -3.41. The molecule has 2 aliphatic heterocycles. The van der Waals surface area contributed by atoms with Crippen LogP contribution in [0.1, 0.15) is 61.9 Å².